The van der Waals surface area contributed by atoms with Crippen molar-refractivity contribution < 1.29 is 14.3 Å². The van der Waals surface area contributed by atoms with Crippen LogP contribution in [0.3, 0.4) is 0 Å². The standard InChI is InChI=1S/C14H15N3O3/c1-17-5-4-15-13(17)9-14(18)16-10-2-3-11-12(8-10)20-7-6-19-11/h2-5,8H,6-7,9H2,1H3,(H,16,18). The summed E-state index contributed by atoms with van der Waals surface area (Å²) < 4.78 is 12.7. The van der Waals surface area contributed by atoms with Gasteiger partial charge in [-0.05, 0) is 12.1 Å². The first-order valence-corrected chi connectivity index (χ1v) is 6.38. The number of amides is 1. The van der Waals surface area contributed by atoms with Crippen molar-refractivity contribution >= 4 is 11.6 Å². The molecule has 0 saturated heterocycles. The number of carbonyl (C=O) groups excluding carboxylic acids is 1. The highest BCUT2D eigenvalue weighted by Crippen LogP contribution is 2.32. The minimum Gasteiger partial charge on any atom is -0.486 e. The summed E-state index contributed by atoms with van der Waals surface area (Å²) in [6.45, 7) is 1.08. The van der Waals surface area contributed by atoms with E-state index >= 15 is 0 Å². The fourth-order valence-corrected chi connectivity index (χ4v) is 2.04. The first-order chi connectivity index (χ1) is 9.72. The van der Waals surface area contributed by atoms with Crippen LogP contribution in [-0.4, -0.2) is 28.7 Å². The van der Waals surface area contributed by atoms with Gasteiger partial charge < -0.3 is 19.4 Å². The third-order valence-electron chi connectivity index (χ3n) is 3.07. The largest absolute Gasteiger partial charge is 0.486 e. The van der Waals surface area contributed by atoms with Crippen molar-refractivity contribution in [3.8, 4) is 11.5 Å². The van der Waals surface area contributed by atoms with Gasteiger partial charge in [-0.2, -0.15) is 0 Å². The second-order valence-electron chi connectivity index (χ2n) is 4.54. The van der Waals surface area contributed by atoms with Crippen LogP contribution in [0.15, 0.2) is 30.6 Å². The van der Waals surface area contributed by atoms with Gasteiger partial charge in [0.15, 0.2) is 11.5 Å². The van der Waals surface area contributed by atoms with Gasteiger partial charge in [-0.25, -0.2) is 4.98 Å². The quantitative estimate of drug-likeness (QED) is 0.917. The monoisotopic (exact) mass is 273 g/mol. The number of imidazole rings is 1. The van der Waals surface area contributed by atoms with Crippen molar-refractivity contribution in [2.45, 2.75) is 6.42 Å². The first-order valence-electron chi connectivity index (χ1n) is 6.38. The molecule has 104 valence electrons. The molecule has 0 unspecified atom stereocenters. The van der Waals surface area contributed by atoms with E-state index < -0.39 is 0 Å². The fourth-order valence-electron chi connectivity index (χ4n) is 2.04. The average molecular weight is 273 g/mol. The van der Waals surface area contributed by atoms with Gasteiger partial charge in [-0.3, -0.25) is 4.79 Å². The van der Waals surface area contributed by atoms with Crippen LogP contribution in [0.1, 0.15) is 5.82 Å². The predicted octanol–water partition coefficient (Wildman–Crippen LogP) is 1.37. The molecular formula is C14H15N3O3. The van der Waals surface area contributed by atoms with Crippen LogP contribution >= 0.6 is 0 Å². The Morgan fingerprint density at radius 2 is 2.15 bits per heavy atom. The fraction of sp³-hybridized carbons (Fsp3) is 0.286. The third kappa shape index (κ3) is 2.59. The van der Waals surface area contributed by atoms with Crippen LogP contribution in [0.4, 0.5) is 5.69 Å². The number of ether oxygens (including phenoxy) is 2. The number of nitrogens with one attached hydrogen (secondary N) is 1. The van der Waals surface area contributed by atoms with E-state index in [0.29, 0.717) is 30.4 Å². The second kappa shape index (κ2) is 5.24. The number of nitrogens with zero attached hydrogens (tertiary/aromatic N) is 2. The smallest absolute Gasteiger partial charge is 0.231 e. The molecule has 0 atom stereocenters. The molecule has 1 aromatic carbocycles. The maximum atomic E-state index is 12.0. The predicted molar refractivity (Wildman–Crippen MR) is 73.0 cm³/mol. The van der Waals surface area contributed by atoms with Gasteiger partial charge in [0.25, 0.3) is 0 Å². The number of fused-ring (bicyclic) bond motifs is 1. The van der Waals surface area contributed by atoms with Crippen molar-refractivity contribution in [1.29, 1.82) is 0 Å². The molecule has 6 heteroatoms. The number of hydrogen-bond donors (Lipinski definition) is 1. The summed E-state index contributed by atoms with van der Waals surface area (Å²) in [5, 5.41) is 2.83. The van der Waals surface area contributed by atoms with E-state index in [2.05, 4.69) is 10.3 Å². The summed E-state index contributed by atoms with van der Waals surface area (Å²) in [5.74, 6) is 1.97. The summed E-state index contributed by atoms with van der Waals surface area (Å²) in [5.41, 5.74) is 0.688. The highest BCUT2D eigenvalue weighted by atomic mass is 16.6. The SMILES string of the molecule is Cn1ccnc1CC(=O)Nc1ccc2c(c1)OCCO2. The lowest BCUT2D eigenvalue weighted by molar-refractivity contribution is -0.115. The number of aryl methyl sites for hydroxylation is 1. The maximum absolute atomic E-state index is 12.0. The summed E-state index contributed by atoms with van der Waals surface area (Å²) in [6.07, 6.45) is 3.72. The molecule has 2 aromatic rings. The molecule has 1 aliphatic rings. The number of benzene rings is 1. The molecule has 0 fully saturated rings. The van der Waals surface area contributed by atoms with Crippen molar-refractivity contribution in [2.75, 3.05) is 18.5 Å². The molecule has 1 aliphatic heterocycles. The van der Waals surface area contributed by atoms with Crippen molar-refractivity contribution in [1.82, 2.24) is 9.55 Å². The Hall–Kier alpha value is -2.50. The van der Waals surface area contributed by atoms with Crippen LogP contribution in [0.25, 0.3) is 0 Å². The highest BCUT2D eigenvalue weighted by Gasteiger charge is 2.13. The molecule has 0 radical (unpaired) electrons. The molecule has 1 amide bonds. The van der Waals surface area contributed by atoms with Crippen LogP contribution in [0.2, 0.25) is 0 Å². The molecule has 0 bridgehead atoms. The van der Waals surface area contributed by atoms with Gasteiger partial charge >= 0.3 is 0 Å². The summed E-state index contributed by atoms with van der Waals surface area (Å²) >= 11 is 0. The molecule has 1 aromatic heterocycles. The van der Waals surface area contributed by atoms with Gasteiger partial charge in [0, 0.05) is 31.2 Å². The zero-order valence-electron chi connectivity index (χ0n) is 11.1. The third-order valence-corrected chi connectivity index (χ3v) is 3.07. The summed E-state index contributed by atoms with van der Waals surface area (Å²) in [7, 11) is 1.86. The molecule has 3 rings (SSSR count). The Morgan fingerprint density at radius 3 is 2.90 bits per heavy atom. The van der Waals surface area contributed by atoms with E-state index in [1.54, 1.807) is 24.4 Å². The van der Waals surface area contributed by atoms with Crippen LogP contribution in [0, 0.1) is 0 Å². The number of rotatable bonds is 3. The Morgan fingerprint density at radius 1 is 1.35 bits per heavy atom. The first kappa shape index (κ1) is 12.5. The van der Waals surface area contributed by atoms with E-state index in [-0.39, 0.29) is 12.3 Å². The molecule has 0 aliphatic carbocycles. The molecule has 20 heavy (non-hydrogen) atoms. The second-order valence-corrected chi connectivity index (χ2v) is 4.54. The minimum absolute atomic E-state index is 0.115. The van der Waals surface area contributed by atoms with Crippen LogP contribution in [-0.2, 0) is 18.3 Å². The Bertz CT molecular complexity index is 636. The van der Waals surface area contributed by atoms with Gasteiger partial charge in [-0.1, -0.05) is 0 Å². The summed E-state index contributed by atoms with van der Waals surface area (Å²) in [4.78, 5) is 16.1. The van der Waals surface area contributed by atoms with Gasteiger partial charge in [-0.15, -0.1) is 0 Å². The van der Waals surface area contributed by atoms with Crippen LogP contribution < -0.4 is 14.8 Å². The normalized spacial score (nSPS) is 13.1. The maximum Gasteiger partial charge on any atom is 0.231 e. The number of aromatic nitrogens is 2. The Balaban J connectivity index is 1.68. The zero-order chi connectivity index (χ0) is 13.9. The van der Waals surface area contributed by atoms with Crippen molar-refractivity contribution in [3.63, 3.8) is 0 Å². The van der Waals surface area contributed by atoms with Crippen molar-refractivity contribution in [2.24, 2.45) is 7.05 Å². The molecule has 1 N–H and O–H groups in total. The minimum atomic E-state index is -0.115. The van der Waals surface area contributed by atoms with E-state index in [4.69, 9.17) is 9.47 Å². The lowest BCUT2D eigenvalue weighted by atomic mass is 10.2. The van der Waals surface area contributed by atoms with Crippen LogP contribution in [0.5, 0.6) is 11.5 Å². The Kier molecular flexibility index (Phi) is 3.28. The average Bonchev–Trinajstić information content (AvgIpc) is 2.84. The Labute approximate surface area is 116 Å². The van der Waals surface area contributed by atoms with E-state index in [9.17, 15) is 4.79 Å². The van der Waals surface area contributed by atoms with Crippen molar-refractivity contribution in [3.05, 3.63) is 36.4 Å². The van der Waals surface area contributed by atoms with Gasteiger partial charge in [0.05, 0.1) is 6.42 Å². The molecule has 6 nitrogen and oxygen atoms in total. The zero-order valence-corrected chi connectivity index (χ0v) is 11.1. The number of hydrogen-bond acceptors (Lipinski definition) is 4. The van der Waals surface area contributed by atoms with E-state index in [0.717, 1.165) is 5.82 Å². The summed E-state index contributed by atoms with van der Waals surface area (Å²) in [6, 6.07) is 5.36. The van der Waals surface area contributed by atoms with Gasteiger partial charge in [0.1, 0.15) is 19.0 Å². The molecule has 2 heterocycles. The molecular weight excluding hydrogens is 258 g/mol. The van der Waals surface area contributed by atoms with E-state index in [1.807, 2.05) is 17.8 Å². The number of anilines is 1. The van der Waals surface area contributed by atoms with E-state index in [1.165, 1.54) is 0 Å². The highest BCUT2D eigenvalue weighted by molar-refractivity contribution is 5.92. The molecule has 0 saturated carbocycles. The number of carbonyl (C=O) groups is 1. The molecule has 0 spiro atoms. The lowest BCUT2D eigenvalue weighted by Gasteiger charge is -2.19. The lowest BCUT2D eigenvalue weighted by Crippen LogP contribution is -2.18. The van der Waals surface area contributed by atoms with Gasteiger partial charge in [0.2, 0.25) is 5.91 Å². The topological polar surface area (TPSA) is 65.4 Å².